The lowest BCUT2D eigenvalue weighted by Gasteiger charge is -2.28. The predicted octanol–water partition coefficient (Wildman–Crippen LogP) is 1.90. The van der Waals surface area contributed by atoms with Crippen molar-refractivity contribution in [3.63, 3.8) is 0 Å². The minimum atomic E-state index is -0.0561. The molecule has 2 rings (SSSR count). The van der Waals surface area contributed by atoms with Crippen LogP contribution >= 0.6 is 11.6 Å². The van der Waals surface area contributed by atoms with E-state index in [2.05, 4.69) is 10.6 Å². The Balaban J connectivity index is 1.93. The number of benzene rings is 1. The molecule has 1 aliphatic rings. The predicted molar refractivity (Wildman–Crippen MR) is 71.9 cm³/mol. The van der Waals surface area contributed by atoms with Crippen LogP contribution in [-0.2, 0) is 9.53 Å². The molecular weight excluding hydrogens is 252 g/mol. The first-order chi connectivity index (χ1) is 8.69. The minimum absolute atomic E-state index is 0.0200. The molecular formula is C13H17ClN2O2. The molecule has 98 valence electrons. The van der Waals surface area contributed by atoms with Gasteiger partial charge in [0.2, 0.25) is 5.91 Å². The number of carbonyl (C=O) groups is 1. The second-order valence-electron chi connectivity index (χ2n) is 4.44. The largest absolute Gasteiger partial charge is 0.380 e. The van der Waals surface area contributed by atoms with Crippen LogP contribution < -0.4 is 10.6 Å². The summed E-state index contributed by atoms with van der Waals surface area (Å²) in [5, 5.41) is 6.75. The normalized spacial score (nSPS) is 23.7. The molecule has 0 spiro atoms. The number of ether oxygens (including phenoxy) is 1. The Labute approximate surface area is 112 Å². The van der Waals surface area contributed by atoms with E-state index in [-0.39, 0.29) is 17.9 Å². The molecule has 0 saturated carbocycles. The lowest BCUT2D eigenvalue weighted by atomic mass is 9.96. The van der Waals surface area contributed by atoms with Crippen LogP contribution in [0.15, 0.2) is 24.3 Å². The summed E-state index contributed by atoms with van der Waals surface area (Å²) in [7, 11) is 1.67. The van der Waals surface area contributed by atoms with Gasteiger partial charge in [0.25, 0.3) is 0 Å². The molecule has 4 nitrogen and oxygen atoms in total. The van der Waals surface area contributed by atoms with Gasteiger partial charge in [0.15, 0.2) is 0 Å². The Morgan fingerprint density at radius 2 is 2.11 bits per heavy atom. The van der Waals surface area contributed by atoms with Gasteiger partial charge in [-0.05, 0) is 30.7 Å². The Morgan fingerprint density at radius 3 is 2.78 bits per heavy atom. The summed E-state index contributed by atoms with van der Waals surface area (Å²) in [6, 6.07) is 7.11. The minimum Gasteiger partial charge on any atom is -0.380 e. The van der Waals surface area contributed by atoms with E-state index < -0.39 is 0 Å². The zero-order valence-electron chi connectivity index (χ0n) is 10.3. The first kappa shape index (κ1) is 13.3. The van der Waals surface area contributed by atoms with Gasteiger partial charge in [0, 0.05) is 30.9 Å². The number of methoxy groups -OCH3 is 1. The Hall–Kier alpha value is -1.10. The average molecular weight is 269 g/mol. The third-order valence-electron chi connectivity index (χ3n) is 3.13. The molecule has 1 aromatic carbocycles. The van der Waals surface area contributed by atoms with Crippen LogP contribution in [0.3, 0.4) is 0 Å². The molecule has 1 aliphatic heterocycles. The molecule has 1 heterocycles. The molecule has 0 radical (unpaired) electrons. The van der Waals surface area contributed by atoms with Gasteiger partial charge in [-0.15, -0.1) is 0 Å². The molecule has 2 unspecified atom stereocenters. The smallest absolute Gasteiger partial charge is 0.228 e. The van der Waals surface area contributed by atoms with Crippen LogP contribution in [0.2, 0.25) is 5.02 Å². The molecule has 2 N–H and O–H groups in total. The Kier molecular flexibility index (Phi) is 4.58. The number of piperidine rings is 1. The molecule has 1 saturated heterocycles. The monoisotopic (exact) mass is 268 g/mol. The van der Waals surface area contributed by atoms with Gasteiger partial charge >= 0.3 is 0 Å². The standard InChI is InChI=1S/C13H17ClN2O2/c1-18-12-6-9(7-15-8-12)13(17)16-11-4-2-10(14)3-5-11/h2-5,9,12,15H,6-8H2,1H3,(H,16,17). The van der Waals surface area contributed by atoms with E-state index in [9.17, 15) is 4.79 Å². The van der Waals surface area contributed by atoms with Crippen molar-refractivity contribution in [1.82, 2.24) is 5.32 Å². The first-order valence-electron chi connectivity index (χ1n) is 5.99. The second-order valence-corrected chi connectivity index (χ2v) is 4.88. The lowest BCUT2D eigenvalue weighted by molar-refractivity contribution is -0.121. The van der Waals surface area contributed by atoms with Crippen LogP contribution in [-0.4, -0.2) is 32.2 Å². The van der Waals surface area contributed by atoms with Crippen molar-refractivity contribution in [3.8, 4) is 0 Å². The van der Waals surface area contributed by atoms with Crippen molar-refractivity contribution in [3.05, 3.63) is 29.3 Å². The maximum Gasteiger partial charge on any atom is 0.228 e. The van der Waals surface area contributed by atoms with Crippen LogP contribution in [0.1, 0.15) is 6.42 Å². The number of hydrogen-bond acceptors (Lipinski definition) is 3. The third kappa shape index (κ3) is 3.45. The lowest BCUT2D eigenvalue weighted by Crippen LogP contribution is -2.44. The van der Waals surface area contributed by atoms with E-state index >= 15 is 0 Å². The molecule has 5 heteroatoms. The average Bonchev–Trinajstić information content (AvgIpc) is 2.41. The summed E-state index contributed by atoms with van der Waals surface area (Å²) in [6.07, 6.45) is 0.864. The molecule has 0 aliphatic carbocycles. The highest BCUT2D eigenvalue weighted by Crippen LogP contribution is 2.17. The van der Waals surface area contributed by atoms with Crippen LogP contribution in [0, 0.1) is 5.92 Å². The van der Waals surface area contributed by atoms with Crippen molar-refractivity contribution in [2.75, 3.05) is 25.5 Å². The van der Waals surface area contributed by atoms with Crippen molar-refractivity contribution in [2.24, 2.45) is 5.92 Å². The van der Waals surface area contributed by atoms with Gasteiger partial charge in [-0.25, -0.2) is 0 Å². The number of halogens is 1. The highest BCUT2D eigenvalue weighted by Gasteiger charge is 2.26. The third-order valence-corrected chi connectivity index (χ3v) is 3.38. The van der Waals surface area contributed by atoms with Gasteiger partial charge < -0.3 is 15.4 Å². The first-order valence-corrected chi connectivity index (χ1v) is 6.37. The molecule has 1 aromatic rings. The van der Waals surface area contributed by atoms with Crippen molar-refractivity contribution in [2.45, 2.75) is 12.5 Å². The quantitative estimate of drug-likeness (QED) is 0.880. The maximum atomic E-state index is 12.1. The number of anilines is 1. The molecule has 0 bridgehead atoms. The van der Waals surface area contributed by atoms with Gasteiger partial charge in [-0.2, -0.15) is 0 Å². The summed E-state index contributed by atoms with van der Waals surface area (Å²) in [4.78, 5) is 12.1. The van der Waals surface area contributed by atoms with Gasteiger partial charge in [0.1, 0.15) is 0 Å². The highest BCUT2D eigenvalue weighted by atomic mass is 35.5. The van der Waals surface area contributed by atoms with E-state index in [4.69, 9.17) is 16.3 Å². The molecule has 0 aromatic heterocycles. The van der Waals surface area contributed by atoms with E-state index in [1.165, 1.54) is 0 Å². The van der Waals surface area contributed by atoms with Gasteiger partial charge in [0.05, 0.1) is 12.0 Å². The molecule has 1 fully saturated rings. The van der Waals surface area contributed by atoms with Crippen LogP contribution in [0.25, 0.3) is 0 Å². The number of hydrogen-bond donors (Lipinski definition) is 2. The van der Waals surface area contributed by atoms with E-state index in [1.54, 1.807) is 31.4 Å². The van der Waals surface area contributed by atoms with Crippen molar-refractivity contribution >= 4 is 23.2 Å². The molecule has 1 amide bonds. The molecule has 18 heavy (non-hydrogen) atoms. The number of rotatable bonds is 3. The summed E-state index contributed by atoms with van der Waals surface area (Å²) in [6.45, 7) is 1.50. The fourth-order valence-electron chi connectivity index (χ4n) is 2.06. The topological polar surface area (TPSA) is 50.4 Å². The zero-order valence-corrected chi connectivity index (χ0v) is 11.0. The summed E-state index contributed by atoms with van der Waals surface area (Å²) in [5.41, 5.74) is 0.768. The number of amides is 1. The zero-order chi connectivity index (χ0) is 13.0. The fourth-order valence-corrected chi connectivity index (χ4v) is 2.19. The second kappa shape index (κ2) is 6.18. The molecule has 2 atom stereocenters. The van der Waals surface area contributed by atoms with E-state index in [0.717, 1.165) is 18.7 Å². The highest BCUT2D eigenvalue weighted by molar-refractivity contribution is 6.30. The van der Waals surface area contributed by atoms with E-state index in [0.29, 0.717) is 11.6 Å². The number of carbonyl (C=O) groups excluding carboxylic acids is 1. The fraction of sp³-hybridized carbons (Fsp3) is 0.462. The van der Waals surface area contributed by atoms with Crippen molar-refractivity contribution in [1.29, 1.82) is 0 Å². The van der Waals surface area contributed by atoms with Crippen LogP contribution in [0.5, 0.6) is 0 Å². The Bertz CT molecular complexity index is 408. The summed E-state index contributed by atoms with van der Waals surface area (Å²) >= 11 is 5.80. The van der Waals surface area contributed by atoms with E-state index in [1.807, 2.05) is 0 Å². The van der Waals surface area contributed by atoms with Gasteiger partial charge in [-0.3, -0.25) is 4.79 Å². The SMILES string of the molecule is COC1CNCC(C(=O)Nc2ccc(Cl)cc2)C1. The van der Waals surface area contributed by atoms with Crippen LogP contribution in [0.4, 0.5) is 5.69 Å². The Morgan fingerprint density at radius 1 is 1.39 bits per heavy atom. The maximum absolute atomic E-state index is 12.1. The summed E-state index contributed by atoms with van der Waals surface area (Å²) < 4.78 is 5.28. The van der Waals surface area contributed by atoms with Crippen molar-refractivity contribution < 1.29 is 9.53 Å². The number of nitrogens with one attached hydrogen (secondary N) is 2. The summed E-state index contributed by atoms with van der Waals surface area (Å²) in [5.74, 6) is -0.0362. The van der Waals surface area contributed by atoms with Gasteiger partial charge in [-0.1, -0.05) is 11.6 Å².